The molecule has 7 nitrogen and oxygen atoms in total. The maximum Gasteiger partial charge on any atom is 0.244 e. The molecule has 0 atom stereocenters. The summed E-state index contributed by atoms with van der Waals surface area (Å²) in [5.41, 5.74) is 7.07. The van der Waals surface area contributed by atoms with Gasteiger partial charge in [0.2, 0.25) is 10.0 Å². The minimum absolute atomic E-state index is 0.125. The van der Waals surface area contributed by atoms with E-state index in [4.69, 9.17) is 10.2 Å². The predicted molar refractivity (Wildman–Crippen MR) is 73.3 cm³/mol. The fourth-order valence-electron chi connectivity index (χ4n) is 1.96. The monoisotopic (exact) mass is 298 g/mol. The van der Waals surface area contributed by atoms with E-state index >= 15 is 0 Å². The van der Waals surface area contributed by atoms with Crippen LogP contribution in [0, 0.1) is 13.8 Å². The van der Waals surface area contributed by atoms with Crippen molar-refractivity contribution in [2.24, 2.45) is 12.8 Å². The van der Waals surface area contributed by atoms with Crippen LogP contribution in [0.3, 0.4) is 0 Å². The largest absolute Gasteiger partial charge is 0.464 e. The molecule has 8 heteroatoms. The highest BCUT2D eigenvalue weighted by atomic mass is 32.2. The summed E-state index contributed by atoms with van der Waals surface area (Å²) in [6, 6.07) is 1.45. The number of aromatic nitrogens is 2. The van der Waals surface area contributed by atoms with Gasteiger partial charge in [-0.1, -0.05) is 0 Å². The van der Waals surface area contributed by atoms with E-state index in [1.165, 1.54) is 6.07 Å². The number of nitrogens with two attached hydrogens (primary N) is 1. The Kier molecular flexibility index (Phi) is 3.98. The van der Waals surface area contributed by atoms with Gasteiger partial charge < -0.3 is 10.2 Å². The third kappa shape index (κ3) is 2.92. The Morgan fingerprint density at radius 2 is 2.15 bits per heavy atom. The van der Waals surface area contributed by atoms with Gasteiger partial charge in [0.15, 0.2) is 0 Å². The fourth-order valence-corrected chi connectivity index (χ4v) is 3.17. The van der Waals surface area contributed by atoms with Crippen LogP contribution in [0.4, 0.5) is 0 Å². The molecule has 2 heterocycles. The number of hydrogen-bond donors (Lipinski definition) is 2. The van der Waals surface area contributed by atoms with Gasteiger partial charge in [0.25, 0.3) is 0 Å². The van der Waals surface area contributed by atoms with Crippen molar-refractivity contribution in [3.63, 3.8) is 0 Å². The van der Waals surface area contributed by atoms with Crippen molar-refractivity contribution in [3.8, 4) is 0 Å². The van der Waals surface area contributed by atoms with Gasteiger partial charge in [-0.15, -0.1) is 0 Å². The van der Waals surface area contributed by atoms with Gasteiger partial charge >= 0.3 is 0 Å². The Morgan fingerprint density at radius 1 is 1.45 bits per heavy atom. The first-order valence-corrected chi connectivity index (χ1v) is 7.60. The van der Waals surface area contributed by atoms with Crippen molar-refractivity contribution >= 4 is 10.0 Å². The molecule has 2 aromatic rings. The molecule has 2 rings (SSSR count). The molecular weight excluding hydrogens is 280 g/mol. The third-order valence-electron chi connectivity index (χ3n) is 2.98. The van der Waals surface area contributed by atoms with E-state index in [0.717, 1.165) is 11.3 Å². The number of nitrogens with one attached hydrogen (secondary N) is 1. The molecule has 0 saturated heterocycles. The first-order valence-electron chi connectivity index (χ1n) is 6.11. The van der Waals surface area contributed by atoms with Gasteiger partial charge in [-0.25, -0.2) is 13.1 Å². The second kappa shape index (κ2) is 5.39. The SMILES string of the molecule is Cc1nn(C)cc1CNS(=O)(=O)c1cc(CN)oc1C. The van der Waals surface area contributed by atoms with Gasteiger partial charge in [-0.3, -0.25) is 4.68 Å². The van der Waals surface area contributed by atoms with Crippen molar-refractivity contribution in [1.29, 1.82) is 0 Å². The molecule has 0 fully saturated rings. The second-order valence-electron chi connectivity index (χ2n) is 4.58. The first-order chi connectivity index (χ1) is 9.33. The highest BCUT2D eigenvalue weighted by molar-refractivity contribution is 7.89. The van der Waals surface area contributed by atoms with E-state index < -0.39 is 10.0 Å². The van der Waals surface area contributed by atoms with Crippen molar-refractivity contribution in [3.05, 3.63) is 35.0 Å². The van der Waals surface area contributed by atoms with Gasteiger partial charge in [0, 0.05) is 31.4 Å². The summed E-state index contributed by atoms with van der Waals surface area (Å²) >= 11 is 0. The topological polar surface area (TPSA) is 103 Å². The third-order valence-corrected chi connectivity index (χ3v) is 4.49. The maximum atomic E-state index is 12.2. The minimum atomic E-state index is -3.62. The summed E-state index contributed by atoms with van der Waals surface area (Å²) < 4.78 is 33.9. The van der Waals surface area contributed by atoms with E-state index in [9.17, 15) is 8.42 Å². The summed E-state index contributed by atoms with van der Waals surface area (Å²) in [5.74, 6) is 0.779. The Hall–Kier alpha value is -1.64. The van der Waals surface area contributed by atoms with Crippen LogP contribution < -0.4 is 10.5 Å². The summed E-state index contributed by atoms with van der Waals surface area (Å²) in [4.78, 5) is 0.125. The lowest BCUT2D eigenvalue weighted by Crippen LogP contribution is -2.23. The van der Waals surface area contributed by atoms with Crippen LogP contribution in [0.25, 0.3) is 0 Å². The van der Waals surface area contributed by atoms with Crippen LogP contribution in [-0.4, -0.2) is 18.2 Å². The van der Waals surface area contributed by atoms with Crippen molar-refractivity contribution in [2.75, 3.05) is 0 Å². The first kappa shape index (κ1) is 14.8. The number of nitrogens with zero attached hydrogens (tertiary/aromatic N) is 2. The van der Waals surface area contributed by atoms with Gasteiger partial charge in [0.05, 0.1) is 12.2 Å². The van der Waals surface area contributed by atoms with Crippen LogP contribution in [0.1, 0.15) is 22.8 Å². The molecule has 20 heavy (non-hydrogen) atoms. The van der Waals surface area contributed by atoms with E-state index in [1.807, 2.05) is 6.92 Å². The highest BCUT2D eigenvalue weighted by Gasteiger charge is 2.21. The maximum absolute atomic E-state index is 12.2. The molecule has 0 spiro atoms. The zero-order valence-corrected chi connectivity index (χ0v) is 12.5. The molecule has 0 aliphatic heterocycles. The molecule has 0 bridgehead atoms. The summed E-state index contributed by atoms with van der Waals surface area (Å²) in [7, 11) is -1.83. The van der Waals surface area contributed by atoms with Crippen LogP contribution in [0.15, 0.2) is 21.6 Å². The normalized spacial score (nSPS) is 12.0. The molecule has 0 amide bonds. The summed E-state index contributed by atoms with van der Waals surface area (Å²) in [6.45, 7) is 3.78. The standard InChI is InChI=1S/C12H18N4O3S/c1-8-10(7-16(3)15-8)6-14-20(17,18)12-4-11(5-13)19-9(12)2/h4,7,14H,5-6,13H2,1-3H3. The lowest BCUT2D eigenvalue weighted by Gasteiger charge is -2.04. The number of rotatable bonds is 5. The Bertz CT molecular complexity index is 715. The van der Waals surface area contributed by atoms with E-state index in [2.05, 4.69) is 9.82 Å². The molecule has 0 saturated carbocycles. The molecule has 110 valence electrons. The molecular formula is C12H18N4O3S. The smallest absolute Gasteiger partial charge is 0.244 e. The Morgan fingerprint density at radius 3 is 2.65 bits per heavy atom. The second-order valence-corrected chi connectivity index (χ2v) is 6.31. The zero-order chi connectivity index (χ0) is 14.9. The number of sulfonamides is 1. The highest BCUT2D eigenvalue weighted by Crippen LogP contribution is 2.20. The summed E-state index contributed by atoms with van der Waals surface area (Å²) in [6.07, 6.45) is 1.78. The lowest BCUT2D eigenvalue weighted by atomic mass is 10.3. The molecule has 2 aromatic heterocycles. The van der Waals surface area contributed by atoms with Crippen LogP contribution >= 0.6 is 0 Å². The predicted octanol–water partition coefficient (Wildman–Crippen LogP) is 0.567. The fraction of sp³-hybridized carbons (Fsp3) is 0.417. The van der Waals surface area contributed by atoms with Gasteiger partial charge in [-0.2, -0.15) is 5.10 Å². The molecule has 3 N–H and O–H groups in total. The molecule has 0 radical (unpaired) electrons. The van der Waals surface area contributed by atoms with E-state index in [0.29, 0.717) is 11.5 Å². The van der Waals surface area contributed by atoms with Crippen molar-refractivity contribution in [2.45, 2.75) is 31.8 Å². The molecule has 0 unspecified atom stereocenters. The van der Waals surface area contributed by atoms with E-state index in [1.54, 1.807) is 24.9 Å². The number of furan rings is 1. The Labute approximate surface area is 117 Å². The van der Waals surface area contributed by atoms with Crippen LogP contribution in [-0.2, 0) is 30.2 Å². The molecule has 0 aromatic carbocycles. The van der Waals surface area contributed by atoms with Crippen LogP contribution in [0.2, 0.25) is 0 Å². The van der Waals surface area contributed by atoms with E-state index in [-0.39, 0.29) is 18.0 Å². The van der Waals surface area contributed by atoms with Crippen molar-refractivity contribution in [1.82, 2.24) is 14.5 Å². The molecule has 0 aliphatic rings. The average Bonchev–Trinajstić information content (AvgIpc) is 2.90. The lowest BCUT2D eigenvalue weighted by molar-refractivity contribution is 0.478. The number of hydrogen-bond acceptors (Lipinski definition) is 5. The van der Waals surface area contributed by atoms with Gasteiger partial charge in [0.1, 0.15) is 16.4 Å². The van der Waals surface area contributed by atoms with Crippen molar-refractivity contribution < 1.29 is 12.8 Å². The summed E-state index contributed by atoms with van der Waals surface area (Å²) in [5, 5.41) is 4.17. The quantitative estimate of drug-likeness (QED) is 0.840. The van der Waals surface area contributed by atoms with Crippen LogP contribution in [0.5, 0.6) is 0 Å². The zero-order valence-electron chi connectivity index (χ0n) is 11.7. The minimum Gasteiger partial charge on any atom is -0.464 e. The molecule has 0 aliphatic carbocycles. The number of aryl methyl sites for hydroxylation is 3. The Balaban J connectivity index is 2.19. The average molecular weight is 298 g/mol. The van der Waals surface area contributed by atoms with Gasteiger partial charge in [-0.05, 0) is 13.8 Å².